The van der Waals surface area contributed by atoms with E-state index in [-0.39, 0.29) is 18.8 Å². The fraction of sp³-hybridized carbons (Fsp3) is 0.667. The van der Waals surface area contributed by atoms with Crippen molar-refractivity contribution in [2.75, 3.05) is 17.7 Å². The van der Waals surface area contributed by atoms with Gasteiger partial charge in [0, 0.05) is 25.9 Å². The summed E-state index contributed by atoms with van der Waals surface area (Å²) < 4.78 is 37.9. The Morgan fingerprint density at radius 1 is 1.43 bits per heavy atom. The minimum absolute atomic E-state index is 0.0304. The fourth-order valence-corrected chi connectivity index (χ4v) is 4.50. The molecule has 3 heterocycles. The van der Waals surface area contributed by atoms with Crippen molar-refractivity contribution in [3.05, 3.63) is 6.33 Å². The lowest BCUT2D eigenvalue weighted by Crippen LogP contribution is -2.22. The van der Waals surface area contributed by atoms with Crippen LogP contribution in [0.15, 0.2) is 6.33 Å². The molecule has 2 saturated carbocycles. The summed E-state index contributed by atoms with van der Waals surface area (Å²) in [6, 6.07) is 0.375. The van der Waals surface area contributed by atoms with E-state index in [0.29, 0.717) is 23.0 Å². The topological polar surface area (TPSA) is 149 Å². The normalized spacial score (nSPS) is 32.4. The standard InChI is InChI=1S/C15H20FN6O5P/c1-21(7-2-3-7)11-10-12(20-14(17)19-11)22(6-18-10)13-8(16)4-15(26-13)5-9(15)27-28(23,24)25/h6-9,13H,2-5H2,1H3,(H2,17,19,20)(H2,23,24,25)/t8-,9-,13?,15+/m0/s1. The van der Waals surface area contributed by atoms with Crippen LogP contribution in [0.5, 0.6) is 0 Å². The van der Waals surface area contributed by atoms with Gasteiger partial charge in [-0.1, -0.05) is 0 Å². The van der Waals surface area contributed by atoms with Crippen molar-refractivity contribution in [3.8, 4) is 0 Å². The highest BCUT2D eigenvalue weighted by atomic mass is 31.2. The monoisotopic (exact) mass is 414 g/mol. The van der Waals surface area contributed by atoms with Gasteiger partial charge in [0.05, 0.1) is 6.33 Å². The van der Waals surface area contributed by atoms with Crippen LogP contribution in [0.25, 0.3) is 11.2 Å². The summed E-state index contributed by atoms with van der Waals surface area (Å²) in [5.74, 6) is 0.634. The van der Waals surface area contributed by atoms with Gasteiger partial charge in [-0.2, -0.15) is 9.97 Å². The Bertz CT molecular complexity index is 995. The third-order valence-corrected chi connectivity index (χ3v) is 6.08. The molecule has 1 spiro atoms. The third kappa shape index (κ3) is 2.96. The van der Waals surface area contributed by atoms with Gasteiger partial charge in [0.1, 0.15) is 17.9 Å². The molecule has 5 rings (SSSR count). The molecule has 2 aromatic rings. The molecule has 0 amide bonds. The molecule has 4 N–H and O–H groups in total. The summed E-state index contributed by atoms with van der Waals surface area (Å²) in [5.41, 5.74) is 5.68. The molecule has 0 bridgehead atoms. The number of aromatic nitrogens is 4. The van der Waals surface area contributed by atoms with Gasteiger partial charge in [0.2, 0.25) is 5.95 Å². The van der Waals surface area contributed by atoms with Crippen LogP contribution in [-0.4, -0.2) is 60.3 Å². The maximum Gasteiger partial charge on any atom is 0.469 e. The molecule has 4 atom stereocenters. The van der Waals surface area contributed by atoms with Gasteiger partial charge >= 0.3 is 7.82 Å². The third-order valence-electron chi connectivity index (χ3n) is 5.55. The molecule has 13 heteroatoms. The number of anilines is 2. The van der Waals surface area contributed by atoms with Crippen molar-refractivity contribution < 1.29 is 28.0 Å². The van der Waals surface area contributed by atoms with E-state index in [0.717, 1.165) is 12.8 Å². The Balaban J connectivity index is 1.46. The Kier molecular flexibility index (Phi) is 3.79. The van der Waals surface area contributed by atoms with E-state index < -0.39 is 31.9 Å². The number of hydrogen-bond acceptors (Lipinski definition) is 8. The molecule has 11 nitrogen and oxygen atoms in total. The number of imidazole rings is 1. The number of ether oxygens (including phenoxy) is 1. The number of hydrogen-bond donors (Lipinski definition) is 3. The predicted molar refractivity (Wildman–Crippen MR) is 95.1 cm³/mol. The smallest absolute Gasteiger partial charge is 0.368 e. The highest BCUT2D eigenvalue weighted by molar-refractivity contribution is 7.46. The van der Waals surface area contributed by atoms with E-state index in [4.69, 9.17) is 20.3 Å². The van der Waals surface area contributed by atoms with Gasteiger partial charge in [-0.25, -0.2) is 13.9 Å². The number of rotatable bonds is 5. The lowest BCUT2D eigenvalue weighted by molar-refractivity contribution is -0.0454. The number of nitrogens with zero attached hydrogens (tertiary/aromatic N) is 5. The number of halogens is 1. The minimum atomic E-state index is -4.67. The molecule has 1 unspecified atom stereocenters. The number of nitrogen functional groups attached to an aromatic ring is 1. The molecule has 3 fully saturated rings. The maximum atomic E-state index is 14.8. The molecule has 0 radical (unpaired) electrons. The van der Waals surface area contributed by atoms with Crippen molar-refractivity contribution in [1.29, 1.82) is 0 Å². The van der Waals surface area contributed by atoms with Crippen molar-refractivity contribution in [2.24, 2.45) is 0 Å². The second kappa shape index (κ2) is 5.83. The summed E-state index contributed by atoms with van der Waals surface area (Å²) in [4.78, 5) is 32.8. The van der Waals surface area contributed by atoms with E-state index in [1.165, 1.54) is 10.9 Å². The molecule has 3 aliphatic rings. The van der Waals surface area contributed by atoms with E-state index in [1.54, 1.807) is 0 Å². The first-order valence-corrected chi connectivity index (χ1v) is 10.5. The number of phosphoric ester groups is 1. The highest BCUT2D eigenvalue weighted by Crippen LogP contribution is 2.59. The average molecular weight is 414 g/mol. The lowest BCUT2D eigenvalue weighted by atomic mass is 10.2. The van der Waals surface area contributed by atoms with Crippen molar-refractivity contribution >= 4 is 30.8 Å². The van der Waals surface area contributed by atoms with Crippen LogP contribution in [0.4, 0.5) is 16.2 Å². The quantitative estimate of drug-likeness (QED) is 0.602. The van der Waals surface area contributed by atoms with Crippen LogP contribution in [0.3, 0.4) is 0 Å². The largest absolute Gasteiger partial charge is 0.469 e. The van der Waals surface area contributed by atoms with Crippen molar-refractivity contribution in [1.82, 2.24) is 19.5 Å². The molecule has 2 aromatic heterocycles. The van der Waals surface area contributed by atoms with Crippen LogP contribution < -0.4 is 10.6 Å². The number of nitrogens with two attached hydrogens (primary N) is 1. The minimum Gasteiger partial charge on any atom is -0.368 e. The second-order valence-corrected chi connectivity index (χ2v) is 8.85. The SMILES string of the molecule is CN(c1nc(N)nc2c1ncn2C1O[C@@]2(C[C@@H]2OP(=O)(O)O)C[C@@H]1F)C1CC1. The maximum absolute atomic E-state index is 14.8. The molecule has 0 aromatic carbocycles. The summed E-state index contributed by atoms with van der Waals surface area (Å²) >= 11 is 0. The highest BCUT2D eigenvalue weighted by Gasteiger charge is 2.66. The summed E-state index contributed by atoms with van der Waals surface area (Å²) in [7, 11) is -2.76. The first-order chi connectivity index (χ1) is 13.2. The fourth-order valence-electron chi connectivity index (χ4n) is 3.90. The lowest BCUT2D eigenvalue weighted by Gasteiger charge is -2.19. The molecule has 1 saturated heterocycles. The van der Waals surface area contributed by atoms with Gasteiger partial charge in [0.25, 0.3) is 0 Å². The molecule has 152 valence electrons. The Labute approximate surface area is 158 Å². The Hall–Kier alpha value is -1.85. The van der Waals surface area contributed by atoms with E-state index in [9.17, 15) is 8.96 Å². The summed E-state index contributed by atoms with van der Waals surface area (Å²) in [6.07, 6.45) is 0.441. The zero-order valence-electron chi connectivity index (χ0n) is 15.0. The first kappa shape index (κ1) is 18.2. The van der Waals surface area contributed by atoms with Gasteiger partial charge < -0.3 is 25.2 Å². The predicted octanol–water partition coefficient (Wildman–Crippen LogP) is 0.884. The molecule has 2 aliphatic carbocycles. The summed E-state index contributed by atoms with van der Waals surface area (Å²) in [5, 5.41) is 0. The zero-order valence-corrected chi connectivity index (χ0v) is 15.9. The van der Waals surface area contributed by atoms with Gasteiger partial charge in [0.15, 0.2) is 23.2 Å². The molecular formula is C15H20FN6O5P. The van der Waals surface area contributed by atoms with Crippen molar-refractivity contribution in [3.63, 3.8) is 0 Å². The van der Waals surface area contributed by atoms with Gasteiger partial charge in [-0.3, -0.25) is 9.09 Å². The van der Waals surface area contributed by atoms with Crippen LogP contribution in [0.1, 0.15) is 31.9 Å². The van der Waals surface area contributed by atoms with Crippen LogP contribution in [0, 0.1) is 0 Å². The van der Waals surface area contributed by atoms with Crippen LogP contribution in [0.2, 0.25) is 0 Å². The van der Waals surface area contributed by atoms with E-state index >= 15 is 0 Å². The number of alkyl halides is 1. The molecular weight excluding hydrogens is 394 g/mol. The van der Waals surface area contributed by atoms with Crippen LogP contribution in [-0.2, 0) is 13.8 Å². The zero-order chi connectivity index (χ0) is 19.8. The van der Waals surface area contributed by atoms with E-state index in [2.05, 4.69) is 19.5 Å². The van der Waals surface area contributed by atoms with Crippen LogP contribution >= 0.6 is 7.82 Å². The van der Waals surface area contributed by atoms with Gasteiger partial charge in [-0.15, -0.1) is 0 Å². The Morgan fingerprint density at radius 3 is 2.86 bits per heavy atom. The van der Waals surface area contributed by atoms with Crippen molar-refractivity contribution in [2.45, 2.75) is 55.8 Å². The Morgan fingerprint density at radius 2 is 2.18 bits per heavy atom. The molecule has 1 aliphatic heterocycles. The van der Waals surface area contributed by atoms with Gasteiger partial charge in [-0.05, 0) is 12.8 Å². The number of phosphoric acid groups is 1. The number of fused-ring (bicyclic) bond motifs is 1. The van der Waals surface area contributed by atoms with E-state index in [1.807, 2.05) is 11.9 Å². The summed E-state index contributed by atoms with van der Waals surface area (Å²) in [6.45, 7) is 0. The first-order valence-electron chi connectivity index (χ1n) is 8.95. The average Bonchev–Trinajstić information content (AvgIpc) is 3.46. The second-order valence-electron chi connectivity index (χ2n) is 7.65. The molecule has 28 heavy (non-hydrogen) atoms.